The van der Waals surface area contributed by atoms with Crippen LogP contribution >= 0.6 is 0 Å². The first-order valence-corrected chi connectivity index (χ1v) is 26.4. The maximum atomic E-state index is 13.0. The van der Waals surface area contributed by atoms with Gasteiger partial charge in [0.1, 0.15) is 36.8 Å². The standard InChI is InChI=1S/C55H74O12S/c1-3-5-9-15-40-21-29-44(30-22-40)46-33-25-42(26-34-46)17-11-7-13-19-50(56)64-37-48(38-65-55-54(60)53(59)52(58)49(67-55)39-68(61,62)63)66-51(57)20-14-8-12-18-43-27-35-47(36-28-43)45-31-23-41(24-32-45)16-10-6-4-2/h21-36,48-49,52-55,58-60H,3-20,37-39H2,1-2H3,(H,61,62,63)/t48?,49-,52-,53+,54-,55+/m1/s1. The van der Waals surface area contributed by atoms with Gasteiger partial charge in [0, 0.05) is 12.8 Å². The van der Waals surface area contributed by atoms with E-state index in [1.165, 1.54) is 83.0 Å². The van der Waals surface area contributed by atoms with Crippen LogP contribution in [0.4, 0.5) is 0 Å². The van der Waals surface area contributed by atoms with Gasteiger partial charge >= 0.3 is 11.9 Å². The molecule has 372 valence electrons. The molecule has 0 spiro atoms. The number of esters is 2. The smallest absolute Gasteiger partial charge is 0.306 e. The summed E-state index contributed by atoms with van der Waals surface area (Å²) in [7, 11) is -4.63. The molecule has 0 bridgehead atoms. The van der Waals surface area contributed by atoms with Crippen LogP contribution in [0.15, 0.2) is 97.1 Å². The minimum absolute atomic E-state index is 0.0940. The van der Waals surface area contributed by atoms with Crippen molar-refractivity contribution >= 4 is 22.1 Å². The summed E-state index contributed by atoms with van der Waals surface area (Å²) in [4.78, 5) is 25.9. The van der Waals surface area contributed by atoms with Crippen molar-refractivity contribution in [2.45, 2.75) is 166 Å². The number of aliphatic hydroxyl groups is 3. The molecule has 5 rings (SSSR count). The second-order valence-corrected chi connectivity index (χ2v) is 19.7. The van der Waals surface area contributed by atoms with E-state index >= 15 is 0 Å². The van der Waals surface area contributed by atoms with Crippen LogP contribution < -0.4 is 0 Å². The van der Waals surface area contributed by atoms with Gasteiger partial charge in [-0.2, -0.15) is 8.42 Å². The third kappa shape index (κ3) is 19.1. The van der Waals surface area contributed by atoms with Crippen LogP contribution in [0.3, 0.4) is 0 Å². The van der Waals surface area contributed by atoms with E-state index in [1.54, 1.807) is 0 Å². The van der Waals surface area contributed by atoms with Gasteiger partial charge in [0.25, 0.3) is 10.1 Å². The lowest BCUT2D eigenvalue weighted by atomic mass is 9.99. The molecule has 4 aromatic carbocycles. The van der Waals surface area contributed by atoms with Gasteiger partial charge in [0.15, 0.2) is 12.4 Å². The molecule has 0 saturated carbocycles. The largest absolute Gasteiger partial charge is 0.462 e. The predicted octanol–water partition coefficient (Wildman–Crippen LogP) is 9.56. The Balaban J connectivity index is 1.05. The van der Waals surface area contributed by atoms with E-state index in [1.807, 2.05) is 0 Å². The number of unbranched alkanes of at least 4 members (excludes halogenated alkanes) is 8. The van der Waals surface area contributed by atoms with Crippen molar-refractivity contribution < 1.29 is 56.8 Å². The first-order valence-electron chi connectivity index (χ1n) is 24.8. The van der Waals surface area contributed by atoms with Gasteiger partial charge in [-0.3, -0.25) is 14.1 Å². The fourth-order valence-corrected chi connectivity index (χ4v) is 9.08. The highest BCUT2D eigenvalue weighted by molar-refractivity contribution is 7.85. The van der Waals surface area contributed by atoms with Crippen molar-refractivity contribution in [3.63, 3.8) is 0 Å². The van der Waals surface area contributed by atoms with Crippen molar-refractivity contribution in [3.05, 3.63) is 119 Å². The fourth-order valence-electron chi connectivity index (χ4n) is 8.38. The average molecular weight is 959 g/mol. The fraction of sp³-hybridized carbons (Fsp3) is 0.527. The van der Waals surface area contributed by atoms with Gasteiger partial charge in [-0.05, 0) is 109 Å². The molecule has 1 unspecified atom stereocenters. The van der Waals surface area contributed by atoms with Crippen LogP contribution in [0.2, 0.25) is 0 Å². The van der Waals surface area contributed by atoms with Crippen LogP contribution in [0, 0.1) is 0 Å². The molecule has 6 atom stereocenters. The maximum absolute atomic E-state index is 13.0. The Bertz CT molecular complexity index is 2180. The lowest BCUT2D eigenvalue weighted by Crippen LogP contribution is -2.60. The molecule has 12 nitrogen and oxygen atoms in total. The van der Waals surface area contributed by atoms with Crippen molar-refractivity contribution in [3.8, 4) is 22.3 Å². The number of ether oxygens (including phenoxy) is 4. The van der Waals surface area contributed by atoms with Crippen molar-refractivity contribution in [1.29, 1.82) is 0 Å². The highest BCUT2D eigenvalue weighted by atomic mass is 32.2. The van der Waals surface area contributed by atoms with Gasteiger partial charge in [0.05, 0.1) is 6.61 Å². The Hall–Kier alpha value is -4.47. The van der Waals surface area contributed by atoms with E-state index in [2.05, 4.69) is 111 Å². The lowest BCUT2D eigenvalue weighted by molar-refractivity contribution is -0.297. The number of carbonyl (C=O) groups is 2. The van der Waals surface area contributed by atoms with Gasteiger partial charge in [0.2, 0.25) is 0 Å². The minimum Gasteiger partial charge on any atom is -0.462 e. The summed E-state index contributed by atoms with van der Waals surface area (Å²) in [6.45, 7) is 3.61. The first kappa shape index (κ1) is 54.5. The molecule has 13 heteroatoms. The van der Waals surface area contributed by atoms with E-state index in [4.69, 9.17) is 18.9 Å². The topological polar surface area (TPSA) is 186 Å². The summed E-state index contributed by atoms with van der Waals surface area (Å²) >= 11 is 0. The highest BCUT2D eigenvalue weighted by Crippen LogP contribution is 2.26. The molecule has 0 aliphatic carbocycles. The number of benzene rings is 4. The van der Waals surface area contributed by atoms with E-state index in [0.29, 0.717) is 12.8 Å². The third-order valence-electron chi connectivity index (χ3n) is 12.5. The van der Waals surface area contributed by atoms with Crippen molar-refractivity contribution in [1.82, 2.24) is 0 Å². The summed E-state index contributed by atoms with van der Waals surface area (Å²) in [6.07, 6.45) is 6.06. The number of aryl methyl sites for hydroxylation is 4. The molecule has 1 heterocycles. The zero-order valence-electron chi connectivity index (χ0n) is 40.0. The second kappa shape index (κ2) is 28.9. The number of aliphatic hydroxyl groups excluding tert-OH is 3. The van der Waals surface area contributed by atoms with Gasteiger partial charge in [-0.25, -0.2) is 0 Å². The summed E-state index contributed by atoms with van der Waals surface area (Å²) in [5.74, 6) is -2.10. The molecule has 1 fully saturated rings. The molecule has 4 aromatic rings. The average Bonchev–Trinajstić information content (AvgIpc) is 3.33. The van der Waals surface area contributed by atoms with Gasteiger partial charge in [-0.1, -0.05) is 149 Å². The van der Waals surface area contributed by atoms with Gasteiger partial charge < -0.3 is 34.3 Å². The van der Waals surface area contributed by atoms with Crippen LogP contribution in [0.25, 0.3) is 22.3 Å². The highest BCUT2D eigenvalue weighted by Gasteiger charge is 2.46. The zero-order chi connectivity index (χ0) is 48.7. The predicted molar refractivity (Wildman–Crippen MR) is 264 cm³/mol. The monoisotopic (exact) mass is 958 g/mol. The Morgan fingerprint density at radius 3 is 1.32 bits per heavy atom. The van der Waals surface area contributed by atoms with E-state index in [9.17, 15) is 37.9 Å². The Labute approximate surface area is 404 Å². The molecule has 68 heavy (non-hydrogen) atoms. The van der Waals surface area contributed by atoms with Crippen molar-refractivity contribution in [2.24, 2.45) is 0 Å². The van der Waals surface area contributed by atoms with Crippen molar-refractivity contribution in [2.75, 3.05) is 19.0 Å². The van der Waals surface area contributed by atoms with E-state index < -0.39 is 71.2 Å². The summed E-state index contributed by atoms with van der Waals surface area (Å²) in [5.41, 5.74) is 9.87. The summed E-state index contributed by atoms with van der Waals surface area (Å²) in [6, 6.07) is 34.7. The summed E-state index contributed by atoms with van der Waals surface area (Å²) < 4.78 is 54.5. The van der Waals surface area contributed by atoms with Crippen LogP contribution in [0.5, 0.6) is 0 Å². The second-order valence-electron chi connectivity index (χ2n) is 18.2. The normalized spacial score (nSPS) is 18.8. The van der Waals surface area contributed by atoms with E-state index in [-0.39, 0.29) is 19.4 Å². The third-order valence-corrected chi connectivity index (χ3v) is 13.3. The number of carbonyl (C=O) groups excluding carboxylic acids is 2. The number of hydrogen-bond acceptors (Lipinski definition) is 11. The van der Waals surface area contributed by atoms with E-state index in [0.717, 1.165) is 51.4 Å². The molecule has 0 amide bonds. The van der Waals surface area contributed by atoms with Crippen LogP contribution in [0.1, 0.15) is 126 Å². The molecule has 1 saturated heterocycles. The minimum atomic E-state index is -4.63. The molecule has 0 radical (unpaired) electrons. The maximum Gasteiger partial charge on any atom is 0.306 e. The molecule has 4 N–H and O–H groups in total. The number of hydrogen-bond donors (Lipinski definition) is 4. The summed E-state index contributed by atoms with van der Waals surface area (Å²) in [5, 5.41) is 31.2. The van der Waals surface area contributed by atoms with Crippen LogP contribution in [-0.4, -0.2) is 96.0 Å². The quantitative estimate of drug-likeness (QED) is 0.0221. The zero-order valence-corrected chi connectivity index (χ0v) is 40.8. The Kier molecular flexibility index (Phi) is 23.1. The number of rotatable bonds is 30. The Morgan fingerprint density at radius 1 is 0.529 bits per heavy atom. The van der Waals surface area contributed by atoms with Gasteiger partial charge in [-0.15, -0.1) is 0 Å². The lowest BCUT2D eigenvalue weighted by Gasteiger charge is -2.40. The van der Waals surface area contributed by atoms with Crippen LogP contribution in [-0.2, 0) is 64.3 Å². The SMILES string of the molecule is CCCCCc1ccc(-c2ccc(CCCCCC(=O)OCC(CO[C@H]3O[C@H](CS(=O)(=O)O)[C@@H](O)[C@H](O)[C@H]3O)OC(=O)CCCCCc3ccc(-c4ccc(CCCCC)cc4)cc3)cc2)cc1. The molecule has 1 aliphatic heterocycles. The Morgan fingerprint density at radius 2 is 0.926 bits per heavy atom. The molecular weight excluding hydrogens is 885 g/mol. The molecule has 1 aliphatic rings. The molecule has 0 aromatic heterocycles. The first-order chi connectivity index (χ1) is 32.8. The molecular formula is C55H74O12S.